The Morgan fingerprint density at radius 3 is 2.44 bits per heavy atom. The third kappa shape index (κ3) is 2.97. The molecule has 2 nitrogen and oxygen atoms in total. The Morgan fingerprint density at radius 1 is 1.22 bits per heavy atom. The van der Waals surface area contributed by atoms with Gasteiger partial charge in [0.2, 0.25) is 0 Å². The van der Waals surface area contributed by atoms with Gasteiger partial charge in [-0.1, -0.05) is 25.5 Å². The van der Waals surface area contributed by atoms with Crippen molar-refractivity contribution < 1.29 is 9.47 Å². The highest BCUT2D eigenvalue weighted by Gasteiger charge is 2.42. The van der Waals surface area contributed by atoms with Crippen molar-refractivity contribution >= 4 is 0 Å². The highest BCUT2D eigenvalue weighted by Crippen LogP contribution is 2.41. The lowest BCUT2D eigenvalue weighted by Crippen LogP contribution is -2.49. The molecule has 2 aliphatic rings. The summed E-state index contributed by atoms with van der Waals surface area (Å²) in [6, 6.07) is 0. The summed E-state index contributed by atoms with van der Waals surface area (Å²) in [6.07, 6.45) is 4.80. The van der Waals surface area contributed by atoms with Crippen molar-refractivity contribution in [2.45, 2.75) is 72.4 Å². The van der Waals surface area contributed by atoms with E-state index in [-0.39, 0.29) is 11.9 Å². The second-order valence-electron chi connectivity index (χ2n) is 7.03. The number of allylic oxidation sites excluding steroid dienone is 2. The van der Waals surface area contributed by atoms with Gasteiger partial charge < -0.3 is 9.47 Å². The normalized spacial score (nSPS) is 44.6. The summed E-state index contributed by atoms with van der Waals surface area (Å²) in [5.74, 6) is 1.66. The van der Waals surface area contributed by atoms with Gasteiger partial charge in [-0.3, -0.25) is 0 Å². The van der Waals surface area contributed by atoms with Gasteiger partial charge in [0, 0.05) is 12.3 Å². The molecule has 0 radical (unpaired) electrons. The van der Waals surface area contributed by atoms with Crippen LogP contribution < -0.4 is 0 Å². The molecule has 2 heteroatoms. The van der Waals surface area contributed by atoms with Gasteiger partial charge >= 0.3 is 0 Å². The van der Waals surface area contributed by atoms with Crippen molar-refractivity contribution in [3.8, 4) is 0 Å². The fourth-order valence-electron chi connectivity index (χ4n) is 3.84. The van der Waals surface area contributed by atoms with E-state index in [0.29, 0.717) is 23.9 Å². The van der Waals surface area contributed by atoms with Crippen molar-refractivity contribution in [2.75, 3.05) is 0 Å². The maximum atomic E-state index is 6.21. The zero-order valence-electron chi connectivity index (χ0n) is 12.7. The predicted molar refractivity (Wildman–Crippen MR) is 74.3 cm³/mol. The molecule has 1 aliphatic heterocycles. The topological polar surface area (TPSA) is 18.5 Å². The minimum atomic E-state index is -0.0576. The minimum Gasteiger partial charge on any atom is -0.349 e. The van der Waals surface area contributed by atoms with Gasteiger partial charge in [0.1, 0.15) is 0 Å². The minimum absolute atomic E-state index is 0.0434. The second-order valence-corrected chi connectivity index (χ2v) is 7.03. The maximum absolute atomic E-state index is 6.21. The van der Waals surface area contributed by atoms with Crippen LogP contribution >= 0.6 is 0 Å². The summed E-state index contributed by atoms with van der Waals surface area (Å²) in [7, 11) is 0. The van der Waals surface area contributed by atoms with Crippen LogP contribution in [0.15, 0.2) is 11.6 Å². The fraction of sp³-hybridized carbons (Fsp3) is 0.875. The van der Waals surface area contributed by atoms with Crippen molar-refractivity contribution in [2.24, 2.45) is 17.8 Å². The molecule has 0 aromatic heterocycles. The number of hydrogen-bond donors (Lipinski definition) is 0. The molecule has 18 heavy (non-hydrogen) atoms. The summed E-state index contributed by atoms with van der Waals surface area (Å²) in [5.41, 5.74) is 1.45. The summed E-state index contributed by atoms with van der Waals surface area (Å²) in [4.78, 5) is 0. The summed E-state index contributed by atoms with van der Waals surface area (Å²) >= 11 is 0. The Hall–Kier alpha value is -0.340. The Bertz CT molecular complexity index is 332. The van der Waals surface area contributed by atoms with E-state index in [0.717, 1.165) is 6.42 Å². The summed E-state index contributed by atoms with van der Waals surface area (Å²) in [5, 5.41) is 0. The quantitative estimate of drug-likeness (QED) is 0.653. The molecular formula is C16H28O2. The first-order valence-corrected chi connectivity index (χ1v) is 7.29. The van der Waals surface area contributed by atoms with Crippen LogP contribution in [0.1, 0.15) is 54.4 Å². The molecule has 1 aliphatic carbocycles. The van der Waals surface area contributed by atoms with Gasteiger partial charge in [0.05, 0.1) is 11.7 Å². The van der Waals surface area contributed by atoms with E-state index in [4.69, 9.17) is 9.47 Å². The molecule has 0 bridgehead atoms. The Labute approximate surface area is 112 Å². The first kappa shape index (κ1) is 14.1. The molecule has 0 spiro atoms. The van der Waals surface area contributed by atoms with Crippen LogP contribution in [0, 0.1) is 17.8 Å². The zero-order chi connectivity index (χ0) is 13.5. The monoisotopic (exact) mass is 252 g/mol. The average molecular weight is 252 g/mol. The van der Waals surface area contributed by atoms with E-state index in [1.54, 1.807) is 0 Å². The summed E-state index contributed by atoms with van der Waals surface area (Å²) < 4.78 is 12.3. The predicted octanol–water partition coefficient (Wildman–Crippen LogP) is 4.15. The molecular weight excluding hydrogens is 224 g/mol. The van der Waals surface area contributed by atoms with Crippen LogP contribution in [-0.2, 0) is 9.47 Å². The van der Waals surface area contributed by atoms with E-state index in [1.807, 2.05) is 0 Å². The van der Waals surface area contributed by atoms with E-state index >= 15 is 0 Å². The molecule has 0 N–H and O–H groups in total. The van der Waals surface area contributed by atoms with Gasteiger partial charge in [-0.05, 0) is 46.0 Å². The number of ether oxygens (including phenoxy) is 2. The van der Waals surface area contributed by atoms with Crippen LogP contribution in [0.25, 0.3) is 0 Å². The molecule has 1 heterocycles. The molecule has 0 aromatic rings. The molecule has 0 unspecified atom stereocenters. The summed E-state index contributed by atoms with van der Waals surface area (Å²) in [6.45, 7) is 13.4. The van der Waals surface area contributed by atoms with Gasteiger partial charge in [-0.25, -0.2) is 0 Å². The first-order chi connectivity index (χ1) is 8.28. The molecule has 5 atom stereocenters. The Kier molecular flexibility index (Phi) is 3.89. The number of rotatable bonds is 1. The van der Waals surface area contributed by atoms with E-state index in [2.05, 4.69) is 47.6 Å². The fourth-order valence-corrected chi connectivity index (χ4v) is 3.84. The highest BCUT2D eigenvalue weighted by molar-refractivity contribution is 5.09. The largest absolute Gasteiger partial charge is 0.349 e. The van der Waals surface area contributed by atoms with Crippen molar-refractivity contribution in [1.29, 1.82) is 0 Å². The van der Waals surface area contributed by atoms with Gasteiger partial charge in [0.15, 0.2) is 6.29 Å². The average Bonchev–Trinajstić information content (AvgIpc) is 2.11. The highest BCUT2D eigenvalue weighted by atomic mass is 16.7. The second kappa shape index (κ2) is 4.97. The molecule has 2 rings (SSSR count). The van der Waals surface area contributed by atoms with E-state index in [9.17, 15) is 0 Å². The van der Waals surface area contributed by atoms with Crippen LogP contribution in [0.2, 0.25) is 0 Å². The Balaban J connectivity index is 2.15. The van der Waals surface area contributed by atoms with Crippen molar-refractivity contribution in [3.05, 3.63) is 11.6 Å². The first-order valence-electron chi connectivity index (χ1n) is 7.29. The third-order valence-electron chi connectivity index (χ3n) is 4.35. The zero-order valence-corrected chi connectivity index (χ0v) is 12.7. The molecule has 0 saturated carbocycles. The third-order valence-corrected chi connectivity index (χ3v) is 4.35. The SMILES string of the molecule is CC1=C[C@H](C)[C@H]([C@@H]2O[C@@H](C)CC(C)(C)O2)[C@@H](C)C1. The standard InChI is InChI=1S/C16H28O2/c1-10-7-11(2)14(12(3)8-10)15-17-13(4)9-16(5,6)18-15/h7,11-15H,8-9H2,1-6H3/t11-,12-,13-,14-,15+/m0/s1. The lowest BCUT2D eigenvalue weighted by Gasteiger charge is -2.46. The van der Waals surface area contributed by atoms with Crippen molar-refractivity contribution in [1.82, 2.24) is 0 Å². The number of hydrogen-bond acceptors (Lipinski definition) is 2. The van der Waals surface area contributed by atoms with Crippen molar-refractivity contribution in [3.63, 3.8) is 0 Å². The van der Waals surface area contributed by atoms with Gasteiger partial charge in [-0.15, -0.1) is 0 Å². The van der Waals surface area contributed by atoms with Gasteiger partial charge in [-0.2, -0.15) is 0 Å². The van der Waals surface area contributed by atoms with E-state index < -0.39 is 0 Å². The molecule has 104 valence electrons. The molecule has 1 saturated heterocycles. The van der Waals surface area contributed by atoms with Crippen LogP contribution in [-0.4, -0.2) is 18.0 Å². The van der Waals surface area contributed by atoms with Crippen LogP contribution in [0.3, 0.4) is 0 Å². The van der Waals surface area contributed by atoms with Crippen LogP contribution in [0.5, 0.6) is 0 Å². The van der Waals surface area contributed by atoms with Gasteiger partial charge in [0.25, 0.3) is 0 Å². The molecule has 0 amide bonds. The molecule has 0 aromatic carbocycles. The maximum Gasteiger partial charge on any atom is 0.162 e. The van der Waals surface area contributed by atoms with E-state index in [1.165, 1.54) is 12.0 Å². The smallest absolute Gasteiger partial charge is 0.162 e. The Morgan fingerprint density at radius 2 is 1.89 bits per heavy atom. The van der Waals surface area contributed by atoms with Crippen LogP contribution in [0.4, 0.5) is 0 Å². The molecule has 1 fully saturated rings. The lowest BCUT2D eigenvalue weighted by atomic mass is 9.74. The lowest BCUT2D eigenvalue weighted by molar-refractivity contribution is -0.296.